The highest BCUT2D eigenvalue weighted by molar-refractivity contribution is 6.30. The van der Waals surface area contributed by atoms with Crippen molar-refractivity contribution in [3.63, 3.8) is 0 Å². The number of aliphatic imine (C=N–C) groups is 1. The van der Waals surface area contributed by atoms with Crippen LogP contribution >= 0.6 is 0 Å². The zero-order valence-electron chi connectivity index (χ0n) is 19.8. The minimum atomic E-state index is -2.63. The molecule has 0 N–H and O–H groups in total. The van der Waals surface area contributed by atoms with E-state index < -0.39 is 103 Å². The molecule has 0 spiro atoms. The van der Waals surface area contributed by atoms with Gasteiger partial charge in [0.25, 0.3) is 0 Å². The molecule has 0 fully saturated rings. The van der Waals surface area contributed by atoms with E-state index in [1.165, 1.54) is 30.5 Å². The molecule has 208 valence electrons. The molecule has 0 amide bonds. The van der Waals surface area contributed by atoms with Gasteiger partial charge in [-0.05, 0) is 0 Å². The summed E-state index contributed by atoms with van der Waals surface area (Å²) in [6, 6.07) is 5.45. The number of fused-ring (bicyclic) bond motifs is 2. The van der Waals surface area contributed by atoms with Crippen LogP contribution < -0.4 is 0 Å². The Morgan fingerprint density at radius 2 is 0.929 bits per heavy atom. The van der Waals surface area contributed by atoms with Crippen molar-refractivity contribution >= 4 is 11.4 Å². The Balaban J connectivity index is 2.06. The van der Waals surface area contributed by atoms with Crippen molar-refractivity contribution in [2.24, 2.45) is 10.1 Å². The lowest BCUT2D eigenvalue weighted by atomic mass is 9.87. The summed E-state index contributed by atoms with van der Waals surface area (Å²) in [6.07, 6.45) is 1.40. The fourth-order valence-electron chi connectivity index (χ4n) is 4.21. The molecule has 0 aliphatic heterocycles. The molecule has 16 heteroatoms. The molecule has 0 saturated heterocycles. The fourth-order valence-corrected chi connectivity index (χ4v) is 4.21. The standard InChI is InChI=1S/C26H4F10N6/c1-38-42-22-8-5-3-2-4-7(8)21(39-6-37)25-26(22)41-24(10-13(29)17(33)20(36)18(34)14(10)30)23(40-25)9-11(27)15(31)19(35)16(32)12(9)28/h2-5H/b39-21-,42-22+. The lowest BCUT2D eigenvalue weighted by molar-refractivity contribution is 0.380. The molecular formula is C26H4F10N6. The van der Waals surface area contributed by atoms with Crippen LogP contribution in [0, 0.1) is 76.2 Å². The van der Waals surface area contributed by atoms with E-state index in [0.29, 0.717) is 0 Å². The summed E-state index contributed by atoms with van der Waals surface area (Å²) in [6.45, 7) is 7.15. The first-order chi connectivity index (χ1) is 20.0. The quantitative estimate of drug-likeness (QED) is 0.0588. The van der Waals surface area contributed by atoms with Gasteiger partial charge >= 0.3 is 0 Å². The predicted octanol–water partition coefficient (Wildman–Crippen LogP) is 6.51. The second kappa shape index (κ2) is 10.1. The van der Waals surface area contributed by atoms with Gasteiger partial charge in [0, 0.05) is 11.1 Å². The number of halogens is 10. The number of benzene rings is 3. The molecule has 5 rings (SSSR count). The van der Waals surface area contributed by atoms with Crippen molar-refractivity contribution in [2.45, 2.75) is 0 Å². The average Bonchev–Trinajstić information content (AvgIpc) is 2.99. The average molecular weight is 590 g/mol. The summed E-state index contributed by atoms with van der Waals surface area (Å²) in [5.74, 6) is -25.8. The van der Waals surface area contributed by atoms with Crippen LogP contribution in [0.3, 0.4) is 0 Å². The SMILES string of the molecule is [C-]#[N+]/N=C1\c2ccccc2/C(=N/C#N)c2nc(-c3c(F)c(F)c(F)c(F)c3F)c(-c3c(F)c(F)c(F)c(F)c3F)nc21. The Morgan fingerprint density at radius 3 is 1.31 bits per heavy atom. The van der Waals surface area contributed by atoms with Gasteiger partial charge in [-0.15, -0.1) is 4.95 Å². The molecule has 6 nitrogen and oxygen atoms in total. The van der Waals surface area contributed by atoms with Gasteiger partial charge in [0.15, 0.2) is 52.2 Å². The zero-order chi connectivity index (χ0) is 30.6. The molecule has 1 aliphatic rings. The van der Waals surface area contributed by atoms with E-state index in [1.807, 2.05) is 0 Å². The molecule has 42 heavy (non-hydrogen) atoms. The minimum absolute atomic E-state index is 0.00311. The maximum atomic E-state index is 15.0. The van der Waals surface area contributed by atoms with Crippen LogP contribution in [0.1, 0.15) is 22.5 Å². The molecule has 0 radical (unpaired) electrons. The van der Waals surface area contributed by atoms with Crippen LogP contribution in [-0.4, -0.2) is 21.4 Å². The summed E-state index contributed by atoms with van der Waals surface area (Å²) in [5.41, 5.74) is -9.46. The Bertz CT molecular complexity index is 1820. The summed E-state index contributed by atoms with van der Waals surface area (Å²) >= 11 is 0. The van der Waals surface area contributed by atoms with Crippen molar-refractivity contribution < 1.29 is 43.9 Å². The van der Waals surface area contributed by atoms with Crippen molar-refractivity contribution in [1.29, 1.82) is 5.26 Å². The van der Waals surface area contributed by atoms with Gasteiger partial charge in [-0.2, -0.15) is 16.8 Å². The van der Waals surface area contributed by atoms with Crippen LogP contribution in [-0.2, 0) is 0 Å². The van der Waals surface area contributed by atoms with E-state index in [0.717, 1.165) is 0 Å². The number of hydrogen-bond donors (Lipinski definition) is 0. The Hall–Kier alpha value is -5.64. The molecule has 0 atom stereocenters. The molecule has 1 heterocycles. The lowest BCUT2D eigenvalue weighted by Crippen LogP contribution is -2.26. The molecule has 1 aromatic heterocycles. The third-order valence-electron chi connectivity index (χ3n) is 5.99. The van der Waals surface area contributed by atoms with Crippen molar-refractivity contribution in [1.82, 2.24) is 9.97 Å². The number of aromatic nitrogens is 2. The van der Waals surface area contributed by atoms with Crippen LogP contribution in [0.5, 0.6) is 0 Å². The van der Waals surface area contributed by atoms with Crippen LogP contribution in [0.4, 0.5) is 43.9 Å². The molecular weight excluding hydrogens is 586 g/mol. The molecule has 3 aromatic carbocycles. The van der Waals surface area contributed by atoms with Gasteiger partial charge < -0.3 is 0 Å². The first kappa shape index (κ1) is 27.9. The number of nitrogens with zero attached hydrogens (tertiary/aromatic N) is 6. The van der Waals surface area contributed by atoms with Gasteiger partial charge in [-0.3, -0.25) is 0 Å². The van der Waals surface area contributed by atoms with E-state index in [1.54, 1.807) is 0 Å². The zero-order valence-corrected chi connectivity index (χ0v) is 19.8. The first-order valence-corrected chi connectivity index (χ1v) is 10.9. The topological polar surface area (TPSA) is 78.6 Å². The largest absolute Gasteiger partial charge is 0.241 e. The smallest absolute Gasteiger partial charge is 0.206 e. The van der Waals surface area contributed by atoms with E-state index in [9.17, 15) is 49.2 Å². The summed E-state index contributed by atoms with van der Waals surface area (Å²) < 4.78 is 144. The molecule has 4 aromatic rings. The van der Waals surface area contributed by atoms with Gasteiger partial charge in [-0.25, -0.2) is 53.9 Å². The van der Waals surface area contributed by atoms with Crippen molar-refractivity contribution in [2.75, 3.05) is 0 Å². The maximum Gasteiger partial charge on any atom is 0.206 e. The maximum absolute atomic E-state index is 15.0. The highest BCUT2D eigenvalue weighted by atomic mass is 19.2. The Morgan fingerprint density at radius 1 is 0.571 bits per heavy atom. The molecule has 0 unspecified atom stereocenters. The third kappa shape index (κ3) is 3.87. The summed E-state index contributed by atoms with van der Waals surface area (Å²) in [5, 5.41) is 12.8. The number of hydrogen-bond acceptors (Lipinski definition) is 5. The first-order valence-electron chi connectivity index (χ1n) is 10.9. The predicted molar refractivity (Wildman–Crippen MR) is 122 cm³/mol. The van der Waals surface area contributed by atoms with Gasteiger partial charge in [0.05, 0.1) is 16.2 Å². The van der Waals surface area contributed by atoms with Crippen molar-refractivity contribution in [3.05, 3.63) is 116 Å². The second-order valence-electron chi connectivity index (χ2n) is 8.16. The number of rotatable bonds is 2. The van der Waals surface area contributed by atoms with Gasteiger partial charge in [0.1, 0.15) is 28.5 Å². The number of nitriles is 1. The van der Waals surface area contributed by atoms with E-state index in [-0.39, 0.29) is 11.1 Å². The highest BCUT2D eigenvalue weighted by Crippen LogP contribution is 2.41. The lowest BCUT2D eigenvalue weighted by Gasteiger charge is -2.22. The van der Waals surface area contributed by atoms with E-state index >= 15 is 0 Å². The third-order valence-corrected chi connectivity index (χ3v) is 5.99. The van der Waals surface area contributed by atoms with Crippen LogP contribution in [0.2, 0.25) is 0 Å². The highest BCUT2D eigenvalue weighted by Gasteiger charge is 2.38. The van der Waals surface area contributed by atoms with Crippen LogP contribution in [0.25, 0.3) is 27.5 Å². The normalized spacial score (nSPS) is 14.0. The molecule has 0 bridgehead atoms. The monoisotopic (exact) mass is 590 g/mol. The fraction of sp³-hybridized carbons (Fsp3) is 0. The van der Waals surface area contributed by atoms with E-state index in [2.05, 4.69) is 25.0 Å². The molecule has 1 aliphatic carbocycles. The molecule has 0 saturated carbocycles. The minimum Gasteiger partial charge on any atom is -0.241 e. The van der Waals surface area contributed by atoms with Gasteiger partial charge in [0.2, 0.25) is 17.8 Å². The Kier molecular flexibility index (Phi) is 6.70. The summed E-state index contributed by atoms with van der Waals surface area (Å²) in [4.78, 5) is 13.9. The van der Waals surface area contributed by atoms with Crippen molar-refractivity contribution in [3.8, 4) is 28.7 Å². The summed E-state index contributed by atoms with van der Waals surface area (Å²) in [7, 11) is 0. The van der Waals surface area contributed by atoms with Crippen LogP contribution in [0.15, 0.2) is 34.4 Å². The van der Waals surface area contributed by atoms with E-state index in [4.69, 9.17) is 6.57 Å². The second-order valence-corrected chi connectivity index (χ2v) is 8.16. The van der Waals surface area contributed by atoms with Gasteiger partial charge in [-0.1, -0.05) is 24.3 Å². The Labute approximate surface area is 226 Å².